The largest absolute Gasteiger partial charge is 0.371 e. The van der Waals surface area contributed by atoms with E-state index in [2.05, 4.69) is 20.1 Å². The van der Waals surface area contributed by atoms with Gasteiger partial charge in [-0.1, -0.05) is 35.9 Å². The van der Waals surface area contributed by atoms with E-state index in [1.807, 2.05) is 19.1 Å². The number of hydrogen-bond donors (Lipinski definition) is 2. The summed E-state index contributed by atoms with van der Waals surface area (Å²) in [5.41, 5.74) is 7.17. The first-order valence-electron chi connectivity index (χ1n) is 10.0. The molecule has 0 saturated carbocycles. The van der Waals surface area contributed by atoms with Gasteiger partial charge in [-0.05, 0) is 43.5 Å². The molecule has 0 aliphatic carbocycles. The van der Waals surface area contributed by atoms with Crippen molar-refractivity contribution in [3.05, 3.63) is 92.8 Å². The molecule has 0 aliphatic heterocycles. The molecular formula is C24H19ClN6O2. The smallest absolute Gasteiger partial charge is 0.264 e. The van der Waals surface area contributed by atoms with Gasteiger partial charge in [0.1, 0.15) is 5.82 Å². The van der Waals surface area contributed by atoms with Crippen LogP contribution in [0.3, 0.4) is 0 Å². The van der Waals surface area contributed by atoms with Gasteiger partial charge in [0.2, 0.25) is 11.6 Å². The lowest BCUT2D eigenvalue weighted by Crippen LogP contribution is -2.26. The summed E-state index contributed by atoms with van der Waals surface area (Å²) in [6.45, 7) is 10.7. The molecule has 2 heterocycles. The Morgan fingerprint density at radius 2 is 2.00 bits per heavy atom. The molecule has 0 fully saturated rings. The molecule has 2 aromatic heterocycles. The highest BCUT2D eigenvalue weighted by Crippen LogP contribution is 2.30. The number of carbonyl (C=O) groups excluding carboxylic acids is 1. The lowest BCUT2D eigenvalue weighted by Gasteiger charge is -2.22. The zero-order valence-electron chi connectivity index (χ0n) is 17.8. The zero-order chi connectivity index (χ0) is 23.7. The Hall–Kier alpha value is -4.22. The van der Waals surface area contributed by atoms with Gasteiger partial charge >= 0.3 is 0 Å². The molecule has 0 aliphatic rings. The molecule has 0 saturated heterocycles. The fourth-order valence-electron chi connectivity index (χ4n) is 3.64. The zero-order valence-corrected chi connectivity index (χ0v) is 18.6. The maximum Gasteiger partial charge on any atom is 0.264 e. The second-order valence-corrected chi connectivity index (χ2v) is 7.87. The van der Waals surface area contributed by atoms with E-state index >= 15 is 0 Å². The molecule has 2 aromatic carbocycles. The molecule has 1 atom stereocenters. The average Bonchev–Trinajstić information content (AvgIpc) is 2.79. The van der Waals surface area contributed by atoms with Crippen LogP contribution < -0.4 is 16.6 Å². The summed E-state index contributed by atoms with van der Waals surface area (Å²) in [6, 6.07) is 13.4. The second-order valence-electron chi connectivity index (χ2n) is 7.46. The summed E-state index contributed by atoms with van der Waals surface area (Å²) in [7, 11) is 0. The summed E-state index contributed by atoms with van der Waals surface area (Å²) in [4.78, 5) is 37.1. The number of hydrogen-bond acceptors (Lipinski definition) is 6. The topological polar surface area (TPSA) is 107 Å². The van der Waals surface area contributed by atoms with Crippen molar-refractivity contribution < 1.29 is 4.79 Å². The van der Waals surface area contributed by atoms with E-state index in [-0.39, 0.29) is 28.8 Å². The number of fused-ring (bicyclic) bond motifs is 1. The third-order valence-electron chi connectivity index (χ3n) is 5.24. The number of pyridine rings is 1. The third kappa shape index (κ3) is 4.14. The molecule has 0 bridgehead atoms. The number of carbonyl (C=O) groups is 1. The van der Waals surface area contributed by atoms with Crippen LogP contribution in [0.2, 0.25) is 5.02 Å². The Kier molecular flexibility index (Phi) is 5.82. The van der Waals surface area contributed by atoms with Crippen LogP contribution in [0.5, 0.6) is 0 Å². The molecule has 33 heavy (non-hydrogen) atoms. The molecule has 3 N–H and O–H groups in total. The van der Waals surface area contributed by atoms with E-state index in [4.69, 9.17) is 23.9 Å². The summed E-state index contributed by atoms with van der Waals surface area (Å²) in [5, 5.41) is 4.54. The number of halogens is 1. The first-order chi connectivity index (χ1) is 15.8. The number of aromatic nitrogens is 3. The van der Waals surface area contributed by atoms with Crippen molar-refractivity contribution >= 4 is 45.6 Å². The number of ketones is 1. The van der Waals surface area contributed by atoms with Crippen LogP contribution in [0.15, 0.2) is 59.5 Å². The normalized spacial score (nSPS) is 11.7. The predicted molar refractivity (Wildman–Crippen MR) is 129 cm³/mol. The van der Waals surface area contributed by atoms with Gasteiger partial charge in [0.05, 0.1) is 23.0 Å². The highest BCUT2D eigenvalue weighted by Gasteiger charge is 2.20. The third-order valence-corrected chi connectivity index (χ3v) is 5.56. The minimum Gasteiger partial charge on any atom is -0.371 e. The number of benzene rings is 2. The van der Waals surface area contributed by atoms with Crippen molar-refractivity contribution in [1.82, 2.24) is 14.5 Å². The summed E-state index contributed by atoms with van der Waals surface area (Å²) < 4.78 is 1.51. The maximum absolute atomic E-state index is 13.7. The maximum atomic E-state index is 13.7. The minimum atomic E-state index is -0.475. The number of nitrogens with two attached hydrogens (primary N) is 1. The molecule has 8 nitrogen and oxygen atoms in total. The molecule has 4 aromatic rings. The molecule has 0 unspecified atom stereocenters. The summed E-state index contributed by atoms with van der Waals surface area (Å²) in [6.07, 6.45) is 1.34. The molecule has 164 valence electrons. The monoisotopic (exact) mass is 458 g/mol. The van der Waals surface area contributed by atoms with Gasteiger partial charge in [0, 0.05) is 23.1 Å². The van der Waals surface area contributed by atoms with Crippen LogP contribution in [-0.2, 0) is 0 Å². The Morgan fingerprint density at radius 3 is 2.73 bits per heavy atom. The standard InChI is InChI=1S/C24H19ClN6O2/c1-13(29-22-19(27-3)12-28-24(26)30-22)20-11-16-7-5-9-18(25)21(16)23(33)31(20)17-8-4-6-15(10-17)14(2)32/h4-13H,1-2H3,(H3,26,28,29,30)/t13-/m0/s1. The van der Waals surface area contributed by atoms with Gasteiger partial charge in [-0.3, -0.25) is 14.2 Å². The van der Waals surface area contributed by atoms with Gasteiger partial charge in [-0.2, -0.15) is 0 Å². The van der Waals surface area contributed by atoms with Crippen molar-refractivity contribution in [2.75, 3.05) is 11.1 Å². The van der Waals surface area contributed by atoms with Gasteiger partial charge in [-0.25, -0.2) is 14.8 Å². The van der Waals surface area contributed by atoms with E-state index < -0.39 is 6.04 Å². The van der Waals surface area contributed by atoms with Crippen LogP contribution in [0.4, 0.5) is 17.5 Å². The molecule has 0 amide bonds. The molecule has 0 spiro atoms. The van der Waals surface area contributed by atoms with Gasteiger partial charge in [0.15, 0.2) is 5.78 Å². The van der Waals surface area contributed by atoms with Crippen molar-refractivity contribution in [3.8, 4) is 5.69 Å². The fourth-order valence-corrected chi connectivity index (χ4v) is 3.91. The van der Waals surface area contributed by atoms with Crippen molar-refractivity contribution in [3.63, 3.8) is 0 Å². The summed E-state index contributed by atoms with van der Waals surface area (Å²) in [5.74, 6) is 0.163. The van der Waals surface area contributed by atoms with Crippen LogP contribution in [0, 0.1) is 6.57 Å². The predicted octanol–water partition coefficient (Wildman–Crippen LogP) is 4.94. The number of Topliss-reactive ketones (excluding diaryl/α,β-unsaturated/α-hetero) is 1. The number of nitrogen functional groups attached to an aromatic ring is 1. The number of anilines is 2. The van der Waals surface area contributed by atoms with Crippen molar-refractivity contribution in [1.29, 1.82) is 0 Å². The van der Waals surface area contributed by atoms with Crippen LogP contribution in [0.1, 0.15) is 35.9 Å². The number of rotatable bonds is 5. The molecule has 9 heteroatoms. The molecule has 0 radical (unpaired) electrons. The van der Waals surface area contributed by atoms with E-state index in [9.17, 15) is 9.59 Å². The first kappa shape index (κ1) is 22.0. The Labute approximate surface area is 194 Å². The van der Waals surface area contributed by atoms with E-state index in [1.54, 1.807) is 36.4 Å². The highest BCUT2D eigenvalue weighted by molar-refractivity contribution is 6.35. The summed E-state index contributed by atoms with van der Waals surface area (Å²) >= 11 is 6.38. The van der Waals surface area contributed by atoms with Gasteiger partial charge < -0.3 is 11.1 Å². The minimum absolute atomic E-state index is 0.0222. The van der Waals surface area contributed by atoms with Gasteiger partial charge in [0.25, 0.3) is 5.56 Å². The van der Waals surface area contributed by atoms with Crippen LogP contribution >= 0.6 is 11.6 Å². The molecular weight excluding hydrogens is 440 g/mol. The van der Waals surface area contributed by atoms with Crippen LogP contribution in [-0.4, -0.2) is 20.3 Å². The van der Waals surface area contributed by atoms with E-state index in [0.717, 1.165) is 0 Å². The number of nitrogens with one attached hydrogen (secondary N) is 1. The van der Waals surface area contributed by atoms with E-state index in [0.29, 0.717) is 32.7 Å². The number of nitrogens with zero attached hydrogens (tertiary/aromatic N) is 4. The highest BCUT2D eigenvalue weighted by atomic mass is 35.5. The Balaban J connectivity index is 1.96. The lowest BCUT2D eigenvalue weighted by atomic mass is 10.1. The fraction of sp³-hybridized carbons (Fsp3) is 0.125. The van der Waals surface area contributed by atoms with Crippen LogP contribution in [0.25, 0.3) is 21.3 Å². The van der Waals surface area contributed by atoms with Gasteiger partial charge in [-0.15, -0.1) is 0 Å². The lowest BCUT2D eigenvalue weighted by molar-refractivity contribution is 0.101. The Bertz CT molecular complexity index is 1510. The van der Waals surface area contributed by atoms with Crippen molar-refractivity contribution in [2.45, 2.75) is 19.9 Å². The Morgan fingerprint density at radius 1 is 1.24 bits per heavy atom. The quantitative estimate of drug-likeness (QED) is 0.324. The second kappa shape index (κ2) is 8.73. The van der Waals surface area contributed by atoms with Crippen molar-refractivity contribution in [2.24, 2.45) is 0 Å². The first-order valence-corrected chi connectivity index (χ1v) is 10.4. The van der Waals surface area contributed by atoms with E-state index in [1.165, 1.54) is 17.7 Å². The average molecular weight is 459 g/mol. The molecule has 4 rings (SSSR count). The SMILES string of the molecule is [C-]#[N+]c1cnc(N)nc1N[C@@H](C)c1cc2cccc(Cl)c2c(=O)n1-c1cccc(C(C)=O)c1.